The fourth-order valence-electron chi connectivity index (χ4n) is 5.69. The number of aromatic nitrogens is 7. The zero-order valence-corrected chi connectivity index (χ0v) is 28.2. The average molecular weight is 693 g/mol. The van der Waals surface area contributed by atoms with Crippen molar-refractivity contribution < 1.29 is 13.5 Å². The highest BCUT2D eigenvalue weighted by molar-refractivity contribution is 5.78. The summed E-state index contributed by atoms with van der Waals surface area (Å²) in [6.07, 6.45) is 4.71. The molecule has 8 aromatic rings. The summed E-state index contributed by atoms with van der Waals surface area (Å²) in [5.41, 5.74) is 6.21. The monoisotopic (exact) mass is 692 g/mol. The number of rotatable bonds is 7. The summed E-state index contributed by atoms with van der Waals surface area (Å²) in [4.78, 5) is 22.4. The molecule has 5 aromatic heterocycles. The molecule has 3 aromatic carbocycles. The van der Waals surface area contributed by atoms with Crippen molar-refractivity contribution in [3.8, 4) is 29.0 Å². The lowest BCUT2D eigenvalue weighted by molar-refractivity contribution is 0.415. The molecule has 0 aliphatic heterocycles. The van der Waals surface area contributed by atoms with Crippen molar-refractivity contribution in [3.05, 3.63) is 144 Å². The van der Waals surface area contributed by atoms with Crippen molar-refractivity contribution in [2.45, 2.75) is 13.8 Å². The van der Waals surface area contributed by atoms with E-state index in [9.17, 15) is 14.0 Å². The molecule has 0 unspecified atom stereocenters. The number of halogens is 2. The second kappa shape index (κ2) is 14.3. The van der Waals surface area contributed by atoms with E-state index in [2.05, 4.69) is 41.6 Å². The molecular formula is C39H30F2N10O. The zero-order chi connectivity index (χ0) is 36.2. The number of fused-ring (bicyclic) bond motifs is 2. The summed E-state index contributed by atoms with van der Waals surface area (Å²) >= 11 is 0. The number of nitriles is 1. The third-order valence-electron chi connectivity index (χ3n) is 8.00. The Morgan fingerprint density at radius 1 is 0.750 bits per heavy atom. The molecule has 0 aliphatic carbocycles. The maximum Gasteiger partial charge on any atom is 0.149 e. The van der Waals surface area contributed by atoms with Crippen LogP contribution < -0.4 is 15.4 Å². The molecular weight excluding hydrogens is 662 g/mol. The molecule has 0 saturated carbocycles. The van der Waals surface area contributed by atoms with Crippen LogP contribution in [0.25, 0.3) is 33.9 Å². The normalized spacial score (nSPS) is 10.8. The van der Waals surface area contributed by atoms with Crippen LogP contribution >= 0.6 is 0 Å². The highest BCUT2D eigenvalue weighted by Crippen LogP contribution is 2.27. The summed E-state index contributed by atoms with van der Waals surface area (Å²) in [5, 5.41) is 15.8. The second-order valence-electron chi connectivity index (χ2n) is 11.6. The van der Waals surface area contributed by atoms with Gasteiger partial charge in [-0.3, -0.25) is 14.0 Å². The zero-order valence-electron chi connectivity index (χ0n) is 28.2. The van der Waals surface area contributed by atoms with Gasteiger partial charge in [-0.15, -0.1) is 0 Å². The standard InChI is InChI=1S/C21H16FN5O.C18H14FN5/c1-13-24-18-8-3-15(22)11-19(18)27(13)21-10-14(12-23)9-20(26-21)25-16-4-6-17(28-2)7-5-16;1-12-18(24-11-13(19)7-8-17(24)21-12)15-9-20-10-16(23-15)22-14-5-3-2-4-6-14/h3-11H,1-2H3,(H,25,26);2-11H,1H3,(H,22,23). The number of ether oxygens (including phenoxy) is 1. The van der Waals surface area contributed by atoms with Gasteiger partial charge in [0, 0.05) is 23.6 Å². The van der Waals surface area contributed by atoms with Crippen LogP contribution in [0.3, 0.4) is 0 Å². The minimum atomic E-state index is -0.360. The van der Waals surface area contributed by atoms with E-state index >= 15 is 0 Å². The first-order valence-corrected chi connectivity index (χ1v) is 16.0. The lowest BCUT2D eigenvalue weighted by atomic mass is 10.2. The lowest BCUT2D eigenvalue weighted by Gasteiger charge is -2.11. The summed E-state index contributed by atoms with van der Waals surface area (Å²) in [7, 11) is 1.60. The number of hydrogen-bond acceptors (Lipinski definition) is 9. The molecule has 256 valence electrons. The van der Waals surface area contributed by atoms with E-state index in [1.165, 1.54) is 24.4 Å². The van der Waals surface area contributed by atoms with Gasteiger partial charge in [-0.05, 0) is 86.6 Å². The Morgan fingerprint density at radius 2 is 1.50 bits per heavy atom. The number of para-hydroxylation sites is 1. The molecule has 11 nitrogen and oxygen atoms in total. The van der Waals surface area contributed by atoms with Crippen LogP contribution in [0, 0.1) is 36.8 Å². The minimum absolute atomic E-state index is 0.326. The van der Waals surface area contributed by atoms with Crippen LogP contribution in [-0.4, -0.2) is 41.0 Å². The third kappa shape index (κ3) is 7.08. The second-order valence-corrected chi connectivity index (χ2v) is 11.6. The van der Waals surface area contributed by atoms with Crippen LogP contribution in [0.15, 0.2) is 116 Å². The van der Waals surface area contributed by atoms with Gasteiger partial charge < -0.3 is 15.4 Å². The molecule has 5 heterocycles. The Labute approximate surface area is 296 Å². The van der Waals surface area contributed by atoms with E-state index in [1.54, 1.807) is 52.7 Å². The highest BCUT2D eigenvalue weighted by Gasteiger charge is 2.15. The maximum absolute atomic E-state index is 13.8. The lowest BCUT2D eigenvalue weighted by Crippen LogP contribution is -2.04. The Bertz CT molecular complexity index is 2580. The molecule has 0 bridgehead atoms. The number of aryl methyl sites for hydroxylation is 2. The Morgan fingerprint density at radius 3 is 2.27 bits per heavy atom. The van der Waals surface area contributed by atoms with Gasteiger partial charge in [-0.1, -0.05) is 18.2 Å². The van der Waals surface area contributed by atoms with Crippen LogP contribution in [-0.2, 0) is 0 Å². The first-order valence-electron chi connectivity index (χ1n) is 16.0. The quantitative estimate of drug-likeness (QED) is 0.169. The molecule has 0 fully saturated rings. The Balaban J connectivity index is 0.000000164. The summed E-state index contributed by atoms with van der Waals surface area (Å²) < 4.78 is 36.0. The van der Waals surface area contributed by atoms with Crippen molar-refractivity contribution in [2.75, 3.05) is 17.7 Å². The van der Waals surface area contributed by atoms with Crippen LogP contribution in [0.1, 0.15) is 17.1 Å². The molecule has 13 heteroatoms. The van der Waals surface area contributed by atoms with Gasteiger partial charge in [0.1, 0.15) is 52.0 Å². The largest absolute Gasteiger partial charge is 0.497 e. The molecule has 0 atom stereocenters. The fourth-order valence-corrected chi connectivity index (χ4v) is 5.69. The van der Waals surface area contributed by atoms with Crippen LogP contribution in [0.4, 0.5) is 31.8 Å². The van der Waals surface area contributed by atoms with E-state index in [4.69, 9.17) is 4.74 Å². The molecule has 0 spiro atoms. The summed E-state index contributed by atoms with van der Waals surface area (Å²) in [5.74, 6) is 2.31. The fraction of sp³-hybridized carbons (Fsp3) is 0.0769. The first kappa shape index (κ1) is 33.3. The van der Waals surface area contributed by atoms with Gasteiger partial charge in [0.2, 0.25) is 0 Å². The van der Waals surface area contributed by atoms with Crippen molar-refractivity contribution in [2.24, 2.45) is 0 Å². The van der Waals surface area contributed by atoms with Crippen LogP contribution in [0.5, 0.6) is 5.75 Å². The molecule has 0 aliphatic rings. The number of pyridine rings is 2. The Hall–Kier alpha value is -7.20. The number of imidazole rings is 2. The van der Waals surface area contributed by atoms with Crippen molar-refractivity contribution in [1.29, 1.82) is 5.26 Å². The molecule has 52 heavy (non-hydrogen) atoms. The first-order chi connectivity index (χ1) is 25.3. The number of nitrogens with zero attached hydrogens (tertiary/aromatic N) is 8. The maximum atomic E-state index is 13.8. The van der Waals surface area contributed by atoms with Gasteiger partial charge in [-0.2, -0.15) is 5.26 Å². The van der Waals surface area contributed by atoms with E-state index in [1.807, 2.05) is 68.4 Å². The Kier molecular flexibility index (Phi) is 9.18. The van der Waals surface area contributed by atoms with Gasteiger partial charge >= 0.3 is 0 Å². The molecule has 0 saturated heterocycles. The highest BCUT2D eigenvalue weighted by atomic mass is 19.1. The van der Waals surface area contributed by atoms with Gasteiger partial charge in [0.15, 0.2) is 0 Å². The predicted molar refractivity (Wildman–Crippen MR) is 195 cm³/mol. The smallest absolute Gasteiger partial charge is 0.149 e. The van der Waals surface area contributed by atoms with Gasteiger partial charge in [0.05, 0.1) is 53.6 Å². The predicted octanol–water partition coefficient (Wildman–Crippen LogP) is 8.47. The van der Waals surface area contributed by atoms with Crippen molar-refractivity contribution in [3.63, 3.8) is 0 Å². The summed E-state index contributed by atoms with van der Waals surface area (Å²) in [6, 6.07) is 30.0. The summed E-state index contributed by atoms with van der Waals surface area (Å²) in [6.45, 7) is 3.69. The molecule has 8 rings (SSSR count). The number of methoxy groups -OCH3 is 1. The number of nitrogens with one attached hydrogen (secondary N) is 2. The molecule has 0 amide bonds. The molecule has 2 N–H and O–H groups in total. The van der Waals surface area contributed by atoms with E-state index < -0.39 is 0 Å². The van der Waals surface area contributed by atoms with Gasteiger partial charge in [-0.25, -0.2) is 28.7 Å². The minimum Gasteiger partial charge on any atom is -0.497 e. The van der Waals surface area contributed by atoms with E-state index in [0.29, 0.717) is 51.2 Å². The molecule has 0 radical (unpaired) electrons. The number of benzene rings is 3. The van der Waals surface area contributed by atoms with Crippen molar-refractivity contribution >= 4 is 39.7 Å². The SMILES string of the molecule is COc1ccc(Nc2cc(C#N)cc(-n3c(C)nc4ccc(F)cc43)n2)cc1.Cc1nc2ccc(F)cn2c1-c1cncc(Nc2ccccc2)n1. The van der Waals surface area contributed by atoms with Gasteiger partial charge in [0.25, 0.3) is 0 Å². The average Bonchev–Trinajstić information content (AvgIpc) is 3.66. The van der Waals surface area contributed by atoms with E-state index in [-0.39, 0.29) is 11.6 Å². The topological polar surface area (TPSA) is 131 Å². The number of anilines is 4. The van der Waals surface area contributed by atoms with Crippen LogP contribution in [0.2, 0.25) is 0 Å². The van der Waals surface area contributed by atoms with E-state index in [0.717, 1.165) is 28.5 Å². The third-order valence-corrected chi connectivity index (χ3v) is 8.00. The number of hydrogen-bond donors (Lipinski definition) is 2. The van der Waals surface area contributed by atoms with Crippen molar-refractivity contribution in [1.82, 2.24) is 33.9 Å².